The average Bonchev–Trinajstić information content (AvgIpc) is 2.65. The van der Waals surface area contributed by atoms with E-state index in [1.807, 2.05) is 30.5 Å². The highest BCUT2D eigenvalue weighted by Crippen LogP contribution is 2.19. The van der Waals surface area contributed by atoms with E-state index in [1.54, 1.807) is 0 Å². The molecule has 0 saturated carbocycles. The van der Waals surface area contributed by atoms with Crippen LogP contribution >= 0.6 is 11.8 Å². The van der Waals surface area contributed by atoms with E-state index in [-0.39, 0.29) is 17.2 Å². The predicted molar refractivity (Wildman–Crippen MR) is 110 cm³/mol. The van der Waals surface area contributed by atoms with E-state index in [2.05, 4.69) is 27.1 Å². The van der Waals surface area contributed by atoms with Crippen LogP contribution in [0.2, 0.25) is 0 Å². The number of rotatable bonds is 6. The Morgan fingerprint density at radius 1 is 1.30 bits per heavy atom. The molecule has 0 aliphatic carbocycles. The van der Waals surface area contributed by atoms with Crippen molar-refractivity contribution < 1.29 is 4.79 Å². The number of likely N-dealkylation sites (tertiary alicyclic amines) is 1. The number of aromatic amines is 1. The van der Waals surface area contributed by atoms with Gasteiger partial charge in [0.25, 0.3) is 11.5 Å². The van der Waals surface area contributed by atoms with Crippen LogP contribution in [-0.2, 0) is 12.3 Å². The van der Waals surface area contributed by atoms with Gasteiger partial charge >= 0.3 is 0 Å². The number of carbonyl (C=O) groups is 1. The molecular weight excluding hydrogens is 360 g/mol. The summed E-state index contributed by atoms with van der Waals surface area (Å²) in [5.41, 5.74) is 1.75. The van der Waals surface area contributed by atoms with Crippen LogP contribution in [0.5, 0.6) is 0 Å². The first-order valence-corrected chi connectivity index (χ1v) is 10.6. The van der Waals surface area contributed by atoms with E-state index in [9.17, 15) is 9.59 Å². The number of thioether (sulfide) groups is 1. The normalized spacial score (nSPS) is 15.6. The summed E-state index contributed by atoms with van der Waals surface area (Å²) in [4.78, 5) is 33.5. The van der Waals surface area contributed by atoms with Gasteiger partial charge in [0.15, 0.2) is 0 Å². The summed E-state index contributed by atoms with van der Waals surface area (Å²) in [5, 5.41) is 2.82. The second-order valence-electron chi connectivity index (χ2n) is 7.12. The van der Waals surface area contributed by atoms with Crippen LogP contribution in [0.25, 0.3) is 0 Å². The molecule has 1 aromatic heterocycles. The Balaban J connectivity index is 1.61. The van der Waals surface area contributed by atoms with E-state index in [1.165, 1.54) is 36.2 Å². The fraction of sp³-hybridized carbons (Fsp3) is 0.450. The van der Waals surface area contributed by atoms with Crippen LogP contribution in [0.15, 0.2) is 35.1 Å². The molecule has 7 heteroatoms. The Morgan fingerprint density at radius 3 is 2.67 bits per heavy atom. The van der Waals surface area contributed by atoms with Crippen LogP contribution in [0, 0.1) is 5.92 Å². The Kier molecular flexibility index (Phi) is 6.68. The van der Waals surface area contributed by atoms with Gasteiger partial charge in [-0.05, 0) is 55.8 Å². The van der Waals surface area contributed by atoms with Crippen molar-refractivity contribution in [3.05, 3.63) is 57.8 Å². The lowest BCUT2D eigenvalue weighted by molar-refractivity contribution is 0.102. The molecule has 6 nitrogen and oxygen atoms in total. The van der Waals surface area contributed by atoms with Gasteiger partial charge in [-0.3, -0.25) is 14.5 Å². The van der Waals surface area contributed by atoms with Crippen molar-refractivity contribution in [2.24, 2.45) is 5.92 Å². The van der Waals surface area contributed by atoms with Crippen LogP contribution in [0.3, 0.4) is 0 Å². The summed E-state index contributed by atoms with van der Waals surface area (Å²) >= 11 is 1.54. The van der Waals surface area contributed by atoms with E-state index in [4.69, 9.17) is 0 Å². The molecule has 1 aliphatic rings. The minimum Gasteiger partial charge on any atom is -0.321 e. The lowest BCUT2D eigenvalue weighted by Gasteiger charge is -2.30. The first kappa shape index (κ1) is 19.6. The molecule has 3 rings (SSSR count). The van der Waals surface area contributed by atoms with Crippen LogP contribution in [-0.4, -0.2) is 40.1 Å². The predicted octanol–water partition coefficient (Wildman–Crippen LogP) is 3.12. The largest absolute Gasteiger partial charge is 0.321 e. The molecule has 1 aliphatic heterocycles. The molecule has 1 saturated heterocycles. The Hall–Kier alpha value is -2.12. The molecule has 2 heterocycles. The Labute approximate surface area is 163 Å². The van der Waals surface area contributed by atoms with Crippen LogP contribution < -0.4 is 10.9 Å². The van der Waals surface area contributed by atoms with Gasteiger partial charge < -0.3 is 10.3 Å². The number of nitrogens with one attached hydrogen (secondary N) is 2. The third-order valence-corrected chi connectivity index (χ3v) is 5.36. The highest BCUT2D eigenvalue weighted by Gasteiger charge is 2.16. The second kappa shape index (κ2) is 9.19. The Bertz CT molecular complexity index is 827. The zero-order chi connectivity index (χ0) is 19.2. The zero-order valence-corrected chi connectivity index (χ0v) is 16.6. The molecule has 27 heavy (non-hydrogen) atoms. The lowest BCUT2D eigenvalue weighted by Crippen LogP contribution is -2.32. The van der Waals surface area contributed by atoms with Gasteiger partial charge in [0.2, 0.25) is 0 Å². The van der Waals surface area contributed by atoms with Gasteiger partial charge in [-0.1, -0.05) is 19.1 Å². The van der Waals surface area contributed by atoms with E-state index in [0.29, 0.717) is 17.3 Å². The quantitative estimate of drug-likeness (QED) is 0.798. The molecule has 0 radical (unpaired) electrons. The molecule has 0 atom stereocenters. The van der Waals surface area contributed by atoms with Crippen molar-refractivity contribution in [2.75, 3.05) is 24.7 Å². The number of H-pyrrole nitrogens is 1. The van der Waals surface area contributed by atoms with Crippen molar-refractivity contribution >= 4 is 23.4 Å². The molecule has 1 fully saturated rings. The zero-order valence-electron chi connectivity index (χ0n) is 15.8. The fourth-order valence-corrected chi connectivity index (χ4v) is 3.61. The molecule has 0 bridgehead atoms. The summed E-state index contributed by atoms with van der Waals surface area (Å²) < 4.78 is 0. The number of anilines is 1. The van der Waals surface area contributed by atoms with E-state index >= 15 is 0 Å². The van der Waals surface area contributed by atoms with Crippen LogP contribution in [0.1, 0.15) is 41.6 Å². The van der Waals surface area contributed by atoms with Crippen molar-refractivity contribution in [2.45, 2.75) is 32.1 Å². The molecular formula is C20H26N4O2S. The number of hydrogen-bond donors (Lipinski definition) is 2. The first-order valence-electron chi connectivity index (χ1n) is 9.25. The number of hydrogen-bond acceptors (Lipinski definition) is 5. The maximum absolute atomic E-state index is 12.4. The van der Waals surface area contributed by atoms with Crippen LogP contribution in [0.4, 0.5) is 5.69 Å². The minimum absolute atomic E-state index is 0.134. The number of nitrogens with zero attached hydrogens (tertiary/aromatic N) is 2. The fourth-order valence-electron chi connectivity index (χ4n) is 3.20. The number of carbonyl (C=O) groups excluding carboxylic acids is 1. The maximum atomic E-state index is 12.4. The highest BCUT2D eigenvalue weighted by molar-refractivity contribution is 7.97. The number of amides is 1. The molecule has 0 unspecified atom stereocenters. The van der Waals surface area contributed by atoms with Gasteiger partial charge in [0.1, 0.15) is 11.5 Å². The van der Waals surface area contributed by atoms with Crippen molar-refractivity contribution in [1.82, 2.24) is 14.9 Å². The third kappa shape index (κ3) is 5.68. The number of piperidine rings is 1. The van der Waals surface area contributed by atoms with E-state index in [0.717, 1.165) is 25.6 Å². The average molecular weight is 387 g/mol. The first-order chi connectivity index (χ1) is 13.0. The topological polar surface area (TPSA) is 78.1 Å². The summed E-state index contributed by atoms with van der Waals surface area (Å²) in [6.07, 6.45) is 4.44. The smallest absolute Gasteiger partial charge is 0.274 e. The summed E-state index contributed by atoms with van der Waals surface area (Å²) in [6.45, 7) is 5.54. The van der Waals surface area contributed by atoms with Gasteiger partial charge in [-0.25, -0.2) is 4.98 Å². The monoisotopic (exact) mass is 386 g/mol. The molecule has 144 valence electrons. The molecule has 2 aromatic rings. The lowest BCUT2D eigenvalue weighted by atomic mass is 9.99. The Morgan fingerprint density at radius 2 is 2.00 bits per heavy atom. The SMILES string of the molecule is CSCc1nc(C(=O)Nc2ccc(CN3CCC(C)CC3)cc2)cc(=O)[nH]1. The highest BCUT2D eigenvalue weighted by atomic mass is 32.2. The summed E-state index contributed by atoms with van der Waals surface area (Å²) in [6, 6.07) is 9.10. The standard InChI is InChI=1S/C20H26N4O2S/c1-14-7-9-24(10-8-14)12-15-3-5-16(6-4-15)21-20(26)17-11-19(25)23-18(22-17)13-27-2/h3-6,11,14H,7-10,12-13H2,1-2H3,(H,21,26)(H,22,23,25). The number of benzene rings is 1. The number of aromatic nitrogens is 2. The minimum atomic E-state index is -0.374. The molecule has 0 spiro atoms. The second-order valence-corrected chi connectivity index (χ2v) is 7.99. The van der Waals surface area contributed by atoms with Crippen molar-refractivity contribution in [1.29, 1.82) is 0 Å². The molecule has 2 N–H and O–H groups in total. The van der Waals surface area contributed by atoms with Crippen molar-refractivity contribution in [3.63, 3.8) is 0 Å². The molecule has 1 amide bonds. The van der Waals surface area contributed by atoms with Gasteiger partial charge in [0, 0.05) is 18.3 Å². The summed E-state index contributed by atoms with van der Waals surface area (Å²) in [7, 11) is 0. The van der Waals surface area contributed by atoms with Crippen molar-refractivity contribution in [3.8, 4) is 0 Å². The van der Waals surface area contributed by atoms with Gasteiger partial charge in [-0.15, -0.1) is 0 Å². The third-order valence-electron chi connectivity index (χ3n) is 4.80. The molecule has 1 aromatic carbocycles. The van der Waals surface area contributed by atoms with E-state index < -0.39 is 0 Å². The van der Waals surface area contributed by atoms with Gasteiger partial charge in [0.05, 0.1) is 5.75 Å². The van der Waals surface area contributed by atoms with Gasteiger partial charge in [-0.2, -0.15) is 11.8 Å². The summed E-state index contributed by atoms with van der Waals surface area (Å²) in [5.74, 6) is 1.52. The maximum Gasteiger partial charge on any atom is 0.274 e.